The summed E-state index contributed by atoms with van der Waals surface area (Å²) in [5.41, 5.74) is 1.65. The Kier molecular flexibility index (Phi) is 3.81. The molecule has 1 aromatic carbocycles. The van der Waals surface area contributed by atoms with Gasteiger partial charge in [-0.2, -0.15) is 0 Å². The standard InChI is InChI=1S/C13H18N2O3/c1-9-12(3-2-4-13(9)15(17)18)14-10-5-7-11(16)8-6-10/h2-4,10-11,14,16H,5-8H2,1H3. The second-order valence-electron chi connectivity index (χ2n) is 4.86. The number of benzene rings is 1. The molecule has 1 aliphatic rings. The number of anilines is 1. The quantitative estimate of drug-likeness (QED) is 0.638. The van der Waals surface area contributed by atoms with Gasteiger partial charge in [-0.15, -0.1) is 0 Å². The lowest BCUT2D eigenvalue weighted by atomic mass is 9.93. The number of aliphatic hydroxyl groups excluding tert-OH is 1. The Morgan fingerprint density at radius 3 is 2.61 bits per heavy atom. The Morgan fingerprint density at radius 2 is 2.00 bits per heavy atom. The molecule has 0 saturated heterocycles. The molecule has 0 unspecified atom stereocenters. The first-order chi connectivity index (χ1) is 8.58. The highest BCUT2D eigenvalue weighted by molar-refractivity contribution is 5.60. The van der Waals surface area contributed by atoms with Crippen molar-refractivity contribution < 1.29 is 10.0 Å². The second-order valence-corrected chi connectivity index (χ2v) is 4.86. The van der Waals surface area contributed by atoms with Crippen molar-refractivity contribution >= 4 is 11.4 Å². The van der Waals surface area contributed by atoms with E-state index >= 15 is 0 Å². The molecule has 1 aromatic rings. The maximum Gasteiger partial charge on any atom is 0.274 e. The molecule has 1 fully saturated rings. The number of nitrogens with zero attached hydrogens (tertiary/aromatic N) is 1. The third-order valence-corrected chi connectivity index (χ3v) is 3.56. The molecule has 5 nitrogen and oxygen atoms in total. The molecule has 0 aromatic heterocycles. The van der Waals surface area contributed by atoms with Gasteiger partial charge in [0.25, 0.3) is 5.69 Å². The second kappa shape index (κ2) is 5.35. The van der Waals surface area contributed by atoms with Crippen molar-refractivity contribution in [1.82, 2.24) is 0 Å². The topological polar surface area (TPSA) is 75.4 Å². The zero-order valence-electron chi connectivity index (χ0n) is 10.4. The molecule has 1 aliphatic carbocycles. The minimum atomic E-state index is -0.356. The van der Waals surface area contributed by atoms with Crippen LogP contribution < -0.4 is 5.32 Å². The highest BCUT2D eigenvalue weighted by atomic mass is 16.6. The van der Waals surface area contributed by atoms with Crippen LogP contribution in [0.25, 0.3) is 0 Å². The maximum absolute atomic E-state index is 10.9. The van der Waals surface area contributed by atoms with Crippen LogP contribution in [-0.2, 0) is 0 Å². The summed E-state index contributed by atoms with van der Waals surface area (Å²) in [7, 11) is 0. The minimum absolute atomic E-state index is 0.149. The van der Waals surface area contributed by atoms with Crippen LogP contribution in [-0.4, -0.2) is 22.2 Å². The van der Waals surface area contributed by atoms with Crippen molar-refractivity contribution in [3.63, 3.8) is 0 Å². The van der Waals surface area contributed by atoms with Gasteiger partial charge in [0.15, 0.2) is 0 Å². The number of nitrogens with one attached hydrogen (secondary N) is 1. The van der Waals surface area contributed by atoms with Gasteiger partial charge in [-0.25, -0.2) is 0 Å². The van der Waals surface area contributed by atoms with Crippen LogP contribution >= 0.6 is 0 Å². The minimum Gasteiger partial charge on any atom is -0.393 e. The van der Waals surface area contributed by atoms with Crippen molar-refractivity contribution in [3.8, 4) is 0 Å². The van der Waals surface area contributed by atoms with Crippen LogP contribution in [0.2, 0.25) is 0 Å². The average Bonchev–Trinajstić information content (AvgIpc) is 2.34. The van der Waals surface area contributed by atoms with Crippen molar-refractivity contribution in [2.75, 3.05) is 5.32 Å². The summed E-state index contributed by atoms with van der Waals surface area (Å²) >= 11 is 0. The SMILES string of the molecule is Cc1c(NC2CCC(O)CC2)cccc1[N+](=O)[O-]. The van der Waals surface area contributed by atoms with E-state index in [-0.39, 0.29) is 16.7 Å². The van der Waals surface area contributed by atoms with E-state index < -0.39 is 0 Å². The van der Waals surface area contributed by atoms with Gasteiger partial charge in [0.1, 0.15) is 0 Å². The predicted molar refractivity (Wildman–Crippen MR) is 69.7 cm³/mol. The Hall–Kier alpha value is -1.62. The zero-order valence-corrected chi connectivity index (χ0v) is 10.4. The third kappa shape index (κ3) is 2.79. The first-order valence-electron chi connectivity index (χ1n) is 6.26. The summed E-state index contributed by atoms with van der Waals surface area (Å²) in [6.45, 7) is 1.76. The van der Waals surface area contributed by atoms with Crippen LogP contribution in [0.15, 0.2) is 18.2 Å². The molecule has 98 valence electrons. The lowest BCUT2D eigenvalue weighted by Gasteiger charge is -2.27. The van der Waals surface area contributed by atoms with Crippen LogP contribution in [0, 0.1) is 17.0 Å². The monoisotopic (exact) mass is 250 g/mol. The number of hydrogen-bond acceptors (Lipinski definition) is 4. The molecule has 2 rings (SSSR count). The first-order valence-corrected chi connectivity index (χ1v) is 6.26. The average molecular weight is 250 g/mol. The summed E-state index contributed by atoms with van der Waals surface area (Å²) in [5.74, 6) is 0. The Labute approximate surface area is 106 Å². The molecule has 18 heavy (non-hydrogen) atoms. The van der Waals surface area contributed by atoms with E-state index in [2.05, 4.69) is 5.32 Å². The highest BCUT2D eigenvalue weighted by Gasteiger charge is 2.21. The molecule has 0 radical (unpaired) electrons. The molecule has 0 bridgehead atoms. The van der Waals surface area contributed by atoms with Gasteiger partial charge in [-0.1, -0.05) is 6.07 Å². The predicted octanol–water partition coefficient (Wildman–Crippen LogP) is 2.62. The lowest BCUT2D eigenvalue weighted by molar-refractivity contribution is -0.385. The summed E-state index contributed by atoms with van der Waals surface area (Å²) in [6, 6.07) is 5.39. The third-order valence-electron chi connectivity index (χ3n) is 3.56. The number of nitro benzene ring substituents is 1. The Morgan fingerprint density at radius 1 is 1.33 bits per heavy atom. The fraction of sp³-hybridized carbons (Fsp3) is 0.538. The normalized spacial score (nSPS) is 23.7. The Balaban J connectivity index is 2.10. The molecular formula is C13H18N2O3. The molecule has 0 spiro atoms. The van der Waals surface area contributed by atoms with Crippen molar-refractivity contribution in [2.45, 2.75) is 44.8 Å². The molecular weight excluding hydrogens is 232 g/mol. The van der Waals surface area contributed by atoms with E-state index in [1.165, 1.54) is 6.07 Å². The van der Waals surface area contributed by atoms with E-state index in [1.807, 2.05) is 6.07 Å². The summed E-state index contributed by atoms with van der Waals surface area (Å²) < 4.78 is 0. The van der Waals surface area contributed by atoms with E-state index in [4.69, 9.17) is 0 Å². The smallest absolute Gasteiger partial charge is 0.274 e. The fourth-order valence-electron chi connectivity index (χ4n) is 2.42. The van der Waals surface area contributed by atoms with Crippen molar-refractivity contribution in [3.05, 3.63) is 33.9 Å². The largest absolute Gasteiger partial charge is 0.393 e. The molecule has 1 saturated carbocycles. The lowest BCUT2D eigenvalue weighted by Crippen LogP contribution is -2.28. The molecule has 0 amide bonds. The van der Waals surface area contributed by atoms with Gasteiger partial charge >= 0.3 is 0 Å². The zero-order chi connectivity index (χ0) is 13.1. The van der Waals surface area contributed by atoms with Crippen LogP contribution in [0.1, 0.15) is 31.2 Å². The number of hydrogen-bond donors (Lipinski definition) is 2. The van der Waals surface area contributed by atoms with E-state index in [9.17, 15) is 15.2 Å². The van der Waals surface area contributed by atoms with Crippen LogP contribution in [0.4, 0.5) is 11.4 Å². The molecule has 0 aliphatic heterocycles. The summed E-state index contributed by atoms with van der Waals surface area (Å²) in [6.07, 6.45) is 3.22. The van der Waals surface area contributed by atoms with Crippen LogP contribution in [0.3, 0.4) is 0 Å². The first kappa shape index (κ1) is 12.8. The molecule has 5 heteroatoms. The van der Waals surface area contributed by atoms with Gasteiger partial charge in [0.2, 0.25) is 0 Å². The van der Waals surface area contributed by atoms with Gasteiger partial charge in [-0.05, 0) is 38.7 Å². The van der Waals surface area contributed by atoms with Gasteiger partial charge in [0.05, 0.1) is 11.0 Å². The maximum atomic E-state index is 10.9. The molecule has 0 atom stereocenters. The summed E-state index contributed by atoms with van der Waals surface area (Å²) in [5, 5.41) is 23.7. The summed E-state index contributed by atoms with van der Waals surface area (Å²) in [4.78, 5) is 10.5. The Bertz CT molecular complexity index is 440. The highest BCUT2D eigenvalue weighted by Crippen LogP contribution is 2.28. The van der Waals surface area contributed by atoms with E-state index in [0.29, 0.717) is 11.6 Å². The van der Waals surface area contributed by atoms with Gasteiger partial charge < -0.3 is 10.4 Å². The van der Waals surface area contributed by atoms with E-state index in [1.54, 1.807) is 13.0 Å². The van der Waals surface area contributed by atoms with E-state index in [0.717, 1.165) is 31.4 Å². The number of rotatable bonds is 3. The van der Waals surface area contributed by atoms with Crippen LogP contribution in [0.5, 0.6) is 0 Å². The molecule has 2 N–H and O–H groups in total. The van der Waals surface area contributed by atoms with Crippen molar-refractivity contribution in [1.29, 1.82) is 0 Å². The fourth-order valence-corrected chi connectivity index (χ4v) is 2.42. The van der Waals surface area contributed by atoms with Gasteiger partial charge in [-0.3, -0.25) is 10.1 Å². The van der Waals surface area contributed by atoms with Gasteiger partial charge in [0, 0.05) is 23.4 Å². The van der Waals surface area contributed by atoms with Crippen molar-refractivity contribution in [2.24, 2.45) is 0 Å². The number of nitro groups is 1. The molecule has 0 heterocycles. The number of aliphatic hydroxyl groups is 1.